The lowest BCUT2D eigenvalue weighted by atomic mass is 10.1. The van der Waals surface area contributed by atoms with Crippen molar-refractivity contribution in [3.8, 4) is 5.75 Å². The zero-order chi connectivity index (χ0) is 14.1. The molecule has 6 heteroatoms. The highest BCUT2D eigenvalue weighted by Gasteiger charge is 2.28. The number of thiazole rings is 1. The number of methoxy groups -OCH3 is 1. The van der Waals surface area contributed by atoms with E-state index in [9.17, 15) is 4.79 Å². The van der Waals surface area contributed by atoms with Crippen molar-refractivity contribution in [1.82, 2.24) is 4.98 Å². The minimum Gasteiger partial charge on any atom is -0.497 e. The minimum absolute atomic E-state index is 0.0200. The molecule has 5 nitrogen and oxygen atoms in total. The van der Waals surface area contributed by atoms with Crippen LogP contribution in [0, 0.1) is 5.92 Å². The van der Waals surface area contributed by atoms with Crippen molar-refractivity contribution < 1.29 is 9.53 Å². The number of carbonyl (C=O) groups excluding carboxylic acids is 1. The summed E-state index contributed by atoms with van der Waals surface area (Å²) in [5.41, 5.74) is 6.71. The number of carbonyl (C=O) groups is 1. The number of amides is 1. The average molecular weight is 291 g/mol. The molecule has 1 saturated carbocycles. The second-order valence-corrected chi connectivity index (χ2v) is 6.14. The summed E-state index contributed by atoms with van der Waals surface area (Å²) >= 11 is 1.46. The van der Waals surface area contributed by atoms with E-state index in [0.29, 0.717) is 5.13 Å². The fraction of sp³-hybridized carbons (Fsp3) is 0.429. The van der Waals surface area contributed by atoms with Crippen LogP contribution in [0.25, 0.3) is 10.2 Å². The van der Waals surface area contributed by atoms with Crippen molar-refractivity contribution in [2.24, 2.45) is 11.7 Å². The van der Waals surface area contributed by atoms with Gasteiger partial charge in [0.1, 0.15) is 5.75 Å². The van der Waals surface area contributed by atoms with Crippen molar-refractivity contribution in [1.29, 1.82) is 0 Å². The van der Waals surface area contributed by atoms with Gasteiger partial charge in [-0.25, -0.2) is 4.98 Å². The van der Waals surface area contributed by atoms with Crippen molar-refractivity contribution in [2.45, 2.75) is 25.3 Å². The Morgan fingerprint density at radius 3 is 3.05 bits per heavy atom. The van der Waals surface area contributed by atoms with Crippen molar-refractivity contribution >= 4 is 32.6 Å². The maximum Gasteiger partial charge on any atom is 0.229 e. The van der Waals surface area contributed by atoms with Gasteiger partial charge >= 0.3 is 0 Å². The monoisotopic (exact) mass is 291 g/mol. The van der Waals surface area contributed by atoms with E-state index in [0.717, 1.165) is 35.2 Å². The highest BCUT2D eigenvalue weighted by atomic mass is 32.1. The first-order chi connectivity index (χ1) is 9.65. The summed E-state index contributed by atoms with van der Waals surface area (Å²) in [5, 5.41) is 3.54. The summed E-state index contributed by atoms with van der Waals surface area (Å²) in [6, 6.07) is 5.84. The van der Waals surface area contributed by atoms with Crippen LogP contribution in [0.3, 0.4) is 0 Å². The fourth-order valence-corrected chi connectivity index (χ4v) is 3.44. The van der Waals surface area contributed by atoms with Crippen molar-refractivity contribution in [3.05, 3.63) is 18.2 Å². The number of nitrogens with one attached hydrogen (secondary N) is 1. The van der Waals surface area contributed by atoms with E-state index in [4.69, 9.17) is 10.5 Å². The summed E-state index contributed by atoms with van der Waals surface area (Å²) in [5.74, 6) is 0.844. The van der Waals surface area contributed by atoms with E-state index in [1.807, 2.05) is 18.2 Å². The number of rotatable bonds is 3. The number of fused-ring (bicyclic) bond motifs is 1. The lowest BCUT2D eigenvalue weighted by Crippen LogP contribution is -2.23. The number of ether oxygens (including phenoxy) is 1. The molecule has 2 unspecified atom stereocenters. The molecule has 2 atom stereocenters. The summed E-state index contributed by atoms with van der Waals surface area (Å²) in [6.45, 7) is 0. The Morgan fingerprint density at radius 2 is 2.35 bits per heavy atom. The molecule has 1 heterocycles. The van der Waals surface area contributed by atoms with E-state index >= 15 is 0 Å². The SMILES string of the molecule is COc1ccc2nc(NC(=O)C3CCC(N)C3)sc2c1. The molecule has 1 aliphatic rings. The molecule has 1 aromatic carbocycles. The molecule has 0 radical (unpaired) electrons. The van der Waals surface area contributed by atoms with Gasteiger partial charge in [0.25, 0.3) is 0 Å². The maximum absolute atomic E-state index is 12.1. The highest BCUT2D eigenvalue weighted by molar-refractivity contribution is 7.22. The molecule has 1 aromatic heterocycles. The standard InChI is InChI=1S/C14H17N3O2S/c1-19-10-4-5-11-12(7-10)20-14(16-11)17-13(18)8-2-3-9(15)6-8/h4-5,7-9H,2-3,6,15H2,1H3,(H,16,17,18). The maximum atomic E-state index is 12.1. The molecule has 0 spiro atoms. The molecule has 2 aromatic rings. The first kappa shape index (κ1) is 13.3. The Labute approximate surface area is 121 Å². The fourth-order valence-electron chi connectivity index (χ4n) is 2.55. The number of nitrogens with zero attached hydrogens (tertiary/aromatic N) is 1. The van der Waals surface area contributed by atoms with Gasteiger partial charge in [0.2, 0.25) is 5.91 Å². The van der Waals surface area contributed by atoms with Crippen LogP contribution in [0.2, 0.25) is 0 Å². The van der Waals surface area contributed by atoms with E-state index in [1.165, 1.54) is 11.3 Å². The third kappa shape index (κ3) is 2.62. The molecule has 20 heavy (non-hydrogen) atoms. The minimum atomic E-state index is 0.0200. The molecule has 0 bridgehead atoms. The Hall–Kier alpha value is -1.66. The van der Waals surface area contributed by atoms with E-state index in [1.54, 1.807) is 7.11 Å². The normalized spacial score (nSPS) is 22.1. The van der Waals surface area contributed by atoms with Gasteiger partial charge in [0.05, 0.1) is 17.3 Å². The smallest absolute Gasteiger partial charge is 0.229 e. The summed E-state index contributed by atoms with van der Waals surface area (Å²) < 4.78 is 6.19. The number of hydrogen-bond acceptors (Lipinski definition) is 5. The molecule has 1 amide bonds. The van der Waals surface area contributed by atoms with Crippen molar-refractivity contribution in [2.75, 3.05) is 12.4 Å². The summed E-state index contributed by atoms with van der Waals surface area (Å²) in [4.78, 5) is 16.6. The van der Waals surface area contributed by atoms with Crippen LogP contribution < -0.4 is 15.8 Å². The van der Waals surface area contributed by atoms with Crippen LogP contribution in [0.15, 0.2) is 18.2 Å². The predicted molar refractivity (Wildman–Crippen MR) is 80.1 cm³/mol. The van der Waals surface area contributed by atoms with Gasteiger partial charge in [-0.2, -0.15) is 0 Å². The second-order valence-electron chi connectivity index (χ2n) is 5.11. The third-order valence-electron chi connectivity index (χ3n) is 3.67. The summed E-state index contributed by atoms with van der Waals surface area (Å²) in [7, 11) is 1.63. The first-order valence-corrected chi connectivity index (χ1v) is 7.48. The van der Waals surface area contributed by atoms with Crippen LogP contribution in [0.4, 0.5) is 5.13 Å². The molecule has 1 aliphatic carbocycles. The largest absolute Gasteiger partial charge is 0.497 e. The predicted octanol–water partition coefficient (Wildman–Crippen LogP) is 2.37. The molecular weight excluding hydrogens is 274 g/mol. The lowest BCUT2D eigenvalue weighted by molar-refractivity contribution is -0.119. The van der Waals surface area contributed by atoms with Gasteiger partial charge in [0, 0.05) is 12.0 Å². The number of hydrogen-bond donors (Lipinski definition) is 2. The van der Waals surface area contributed by atoms with Gasteiger partial charge in [0.15, 0.2) is 5.13 Å². The number of nitrogens with two attached hydrogens (primary N) is 1. The number of anilines is 1. The van der Waals surface area contributed by atoms with Gasteiger partial charge in [-0.05, 0) is 37.5 Å². The van der Waals surface area contributed by atoms with Gasteiger partial charge < -0.3 is 15.8 Å². The van der Waals surface area contributed by atoms with Gasteiger partial charge in [-0.1, -0.05) is 11.3 Å². The number of aromatic nitrogens is 1. The summed E-state index contributed by atoms with van der Waals surface area (Å²) in [6.07, 6.45) is 2.56. The quantitative estimate of drug-likeness (QED) is 0.910. The zero-order valence-corrected chi connectivity index (χ0v) is 12.1. The first-order valence-electron chi connectivity index (χ1n) is 6.66. The van der Waals surface area contributed by atoms with Crippen LogP contribution in [0.5, 0.6) is 5.75 Å². The molecule has 3 N–H and O–H groups in total. The van der Waals surface area contributed by atoms with Crippen LogP contribution in [0.1, 0.15) is 19.3 Å². The van der Waals surface area contributed by atoms with Crippen LogP contribution >= 0.6 is 11.3 Å². The van der Waals surface area contributed by atoms with Crippen LogP contribution in [-0.4, -0.2) is 24.0 Å². The lowest BCUT2D eigenvalue weighted by Gasteiger charge is -2.07. The molecule has 0 aliphatic heterocycles. The van der Waals surface area contributed by atoms with Gasteiger partial charge in [-0.3, -0.25) is 4.79 Å². The zero-order valence-electron chi connectivity index (χ0n) is 11.3. The highest BCUT2D eigenvalue weighted by Crippen LogP contribution is 2.31. The Bertz CT molecular complexity index is 640. The Morgan fingerprint density at radius 1 is 1.50 bits per heavy atom. The molecule has 106 valence electrons. The Kier molecular flexibility index (Phi) is 3.58. The average Bonchev–Trinajstić information content (AvgIpc) is 3.03. The van der Waals surface area contributed by atoms with Crippen LogP contribution in [-0.2, 0) is 4.79 Å². The molecule has 1 fully saturated rings. The third-order valence-corrected chi connectivity index (χ3v) is 4.60. The van der Waals surface area contributed by atoms with Gasteiger partial charge in [-0.15, -0.1) is 0 Å². The van der Waals surface area contributed by atoms with E-state index < -0.39 is 0 Å². The second kappa shape index (κ2) is 5.38. The molecule has 0 saturated heterocycles. The van der Waals surface area contributed by atoms with E-state index in [2.05, 4.69) is 10.3 Å². The molecule has 3 rings (SSSR count). The van der Waals surface area contributed by atoms with Crippen molar-refractivity contribution in [3.63, 3.8) is 0 Å². The number of benzene rings is 1. The topological polar surface area (TPSA) is 77.2 Å². The van der Waals surface area contributed by atoms with E-state index in [-0.39, 0.29) is 17.9 Å². The molecular formula is C14H17N3O2S. The Balaban J connectivity index is 1.75.